The minimum atomic E-state index is -0.321. The summed E-state index contributed by atoms with van der Waals surface area (Å²) in [5.74, 6) is -0.457. The molecular formula is C21H27N3O5. The fourth-order valence-electron chi connectivity index (χ4n) is 2.73. The third-order valence-electron chi connectivity index (χ3n) is 4.28. The first kappa shape index (κ1) is 22.3. The summed E-state index contributed by atoms with van der Waals surface area (Å²) in [5.41, 5.74) is 1.71. The van der Waals surface area contributed by atoms with E-state index in [1.807, 2.05) is 6.92 Å². The SMILES string of the molecule is COCCN(CCOC)C(=O)c1ccc(NC(=O)Cn2cc(C)ccc2=O)cc1. The second kappa shape index (κ2) is 11.1. The molecule has 0 bridgehead atoms. The smallest absolute Gasteiger partial charge is 0.254 e. The summed E-state index contributed by atoms with van der Waals surface area (Å²) in [4.78, 5) is 38.4. The van der Waals surface area contributed by atoms with Crippen LogP contribution < -0.4 is 10.9 Å². The molecule has 0 radical (unpaired) electrons. The number of amides is 2. The molecule has 0 unspecified atom stereocenters. The molecule has 0 spiro atoms. The largest absolute Gasteiger partial charge is 0.383 e. The van der Waals surface area contributed by atoms with Gasteiger partial charge in [-0.3, -0.25) is 14.4 Å². The lowest BCUT2D eigenvalue weighted by Crippen LogP contribution is -2.36. The van der Waals surface area contributed by atoms with Crippen molar-refractivity contribution in [2.45, 2.75) is 13.5 Å². The van der Waals surface area contributed by atoms with Gasteiger partial charge < -0.3 is 24.3 Å². The van der Waals surface area contributed by atoms with Crippen LogP contribution in [0.2, 0.25) is 0 Å². The van der Waals surface area contributed by atoms with Crippen LogP contribution in [0.5, 0.6) is 0 Å². The third kappa shape index (κ3) is 6.85. The summed E-state index contributed by atoms with van der Waals surface area (Å²) < 4.78 is 11.5. The molecule has 2 rings (SSSR count). The maximum atomic E-state index is 12.7. The molecule has 156 valence electrons. The zero-order valence-corrected chi connectivity index (χ0v) is 17.0. The molecule has 2 aromatic rings. The summed E-state index contributed by atoms with van der Waals surface area (Å²) in [6, 6.07) is 9.77. The summed E-state index contributed by atoms with van der Waals surface area (Å²) in [7, 11) is 3.17. The molecule has 0 aliphatic heterocycles. The molecular weight excluding hydrogens is 374 g/mol. The van der Waals surface area contributed by atoms with E-state index in [1.165, 1.54) is 10.6 Å². The quantitative estimate of drug-likeness (QED) is 0.652. The van der Waals surface area contributed by atoms with Gasteiger partial charge in [0.2, 0.25) is 5.91 Å². The van der Waals surface area contributed by atoms with Crippen molar-refractivity contribution in [3.05, 3.63) is 64.1 Å². The van der Waals surface area contributed by atoms with Crippen LogP contribution in [0.3, 0.4) is 0 Å². The van der Waals surface area contributed by atoms with E-state index in [0.717, 1.165) is 5.56 Å². The zero-order valence-electron chi connectivity index (χ0n) is 17.0. The van der Waals surface area contributed by atoms with Gasteiger partial charge in [0.15, 0.2) is 0 Å². The molecule has 2 amide bonds. The molecule has 1 aromatic heterocycles. The third-order valence-corrected chi connectivity index (χ3v) is 4.28. The monoisotopic (exact) mass is 401 g/mol. The minimum Gasteiger partial charge on any atom is -0.383 e. The molecule has 1 N–H and O–H groups in total. The number of hydrogen-bond donors (Lipinski definition) is 1. The van der Waals surface area contributed by atoms with E-state index in [-0.39, 0.29) is 23.9 Å². The normalized spacial score (nSPS) is 10.6. The van der Waals surface area contributed by atoms with E-state index in [1.54, 1.807) is 55.6 Å². The first-order valence-corrected chi connectivity index (χ1v) is 9.28. The number of rotatable bonds is 10. The average Bonchev–Trinajstić information content (AvgIpc) is 2.71. The number of ether oxygens (including phenoxy) is 2. The minimum absolute atomic E-state index is 0.0803. The molecule has 8 nitrogen and oxygen atoms in total. The number of methoxy groups -OCH3 is 2. The van der Waals surface area contributed by atoms with Crippen molar-refractivity contribution in [1.29, 1.82) is 0 Å². The Labute approximate surface area is 170 Å². The Bertz CT molecular complexity index is 869. The Morgan fingerprint density at radius 1 is 1.00 bits per heavy atom. The highest BCUT2D eigenvalue weighted by atomic mass is 16.5. The van der Waals surface area contributed by atoms with Crippen LogP contribution in [0.25, 0.3) is 0 Å². The lowest BCUT2D eigenvalue weighted by atomic mass is 10.1. The summed E-state index contributed by atoms with van der Waals surface area (Å²) in [6.07, 6.45) is 1.64. The van der Waals surface area contributed by atoms with Crippen LogP contribution in [-0.4, -0.2) is 61.8 Å². The van der Waals surface area contributed by atoms with Gasteiger partial charge in [-0.15, -0.1) is 0 Å². The number of anilines is 1. The van der Waals surface area contributed by atoms with E-state index in [0.29, 0.717) is 37.6 Å². The van der Waals surface area contributed by atoms with Crippen molar-refractivity contribution in [2.75, 3.05) is 45.8 Å². The molecule has 1 aromatic carbocycles. The second-order valence-electron chi connectivity index (χ2n) is 6.58. The van der Waals surface area contributed by atoms with Gasteiger partial charge in [0.05, 0.1) is 13.2 Å². The van der Waals surface area contributed by atoms with Gasteiger partial charge in [-0.05, 0) is 36.8 Å². The van der Waals surface area contributed by atoms with Crippen molar-refractivity contribution < 1.29 is 19.1 Å². The van der Waals surface area contributed by atoms with Gasteiger partial charge in [-0.25, -0.2) is 0 Å². The number of carbonyl (C=O) groups is 2. The zero-order chi connectivity index (χ0) is 21.2. The predicted octanol–water partition coefficient (Wildman–Crippen LogP) is 1.53. The Morgan fingerprint density at radius 3 is 2.21 bits per heavy atom. The number of pyridine rings is 1. The average molecular weight is 401 g/mol. The fourth-order valence-corrected chi connectivity index (χ4v) is 2.73. The Kier molecular flexibility index (Phi) is 8.57. The van der Waals surface area contributed by atoms with Gasteiger partial charge in [0.1, 0.15) is 6.54 Å². The lowest BCUT2D eigenvalue weighted by molar-refractivity contribution is -0.116. The topological polar surface area (TPSA) is 89.9 Å². The van der Waals surface area contributed by atoms with Gasteiger partial charge in [-0.1, -0.05) is 6.07 Å². The van der Waals surface area contributed by atoms with Crippen LogP contribution in [0.4, 0.5) is 5.69 Å². The van der Waals surface area contributed by atoms with Gasteiger partial charge in [0.25, 0.3) is 11.5 Å². The van der Waals surface area contributed by atoms with Crippen molar-refractivity contribution in [3.8, 4) is 0 Å². The predicted molar refractivity (Wildman–Crippen MR) is 110 cm³/mol. The first-order valence-electron chi connectivity index (χ1n) is 9.28. The molecule has 0 aliphatic carbocycles. The Hall–Kier alpha value is -2.97. The molecule has 0 atom stereocenters. The number of aryl methyl sites for hydroxylation is 1. The highest BCUT2D eigenvalue weighted by Crippen LogP contribution is 2.12. The Morgan fingerprint density at radius 2 is 1.62 bits per heavy atom. The molecule has 0 fully saturated rings. The van der Waals surface area contributed by atoms with Crippen LogP contribution in [0, 0.1) is 6.92 Å². The van der Waals surface area contributed by atoms with Gasteiger partial charge in [0, 0.05) is 50.8 Å². The van der Waals surface area contributed by atoms with Crippen molar-refractivity contribution in [1.82, 2.24) is 9.47 Å². The van der Waals surface area contributed by atoms with E-state index >= 15 is 0 Å². The van der Waals surface area contributed by atoms with Crippen LogP contribution in [-0.2, 0) is 20.8 Å². The van der Waals surface area contributed by atoms with Gasteiger partial charge in [-0.2, -0.15) is 0 Å². The number of hydrogen-bond acceptors (Lipinski definition) is 5. The number of nitrogens with one attached hydrogen (secondary N) is 1. The van der Waals surface area contributed by atoms with E-state index < -0.39 is 0 Å². The standard InChI is InChI=1S/C21H27N3O5/c1-16-4-9-20(26)24(14-16)15-19(25)22-18-7-5-17(6-8-18)21(27)23(10-12-28-2)11-13-29-3/h4-9,14H,10-13,15H2,1-3H3,(H,22,25). The Balaban J connectivity index is 2.01. The maximum Gasteiger partial charge on any atom is 0.254 e. The number of nitrogens with zero attached hydrogens (tertiary/aromatic N) is 2. The number of benzene rings is 1. The van der Waals surface area contributed by atoms with E-state index in [2.05, 4.69) is 5.32 Å². The lowest BCUT2D eigenvalue weighted by Gasteiger charge is -2.22. The van der Waals surface area contributed by atoms with Gasteiger partial charge >= 0.3 is 0 Å². The number of carbonyl (C=O) groups excluding carboxylic acids is 2. The van der Waals surface area contributed by atoms with Crippen molar-refractivity contribution in [2.24, 2.45) is 0 Å². The molecule has 0 aliphatic rings. The maximum absolute atomic E-state index is 12.7. The highest BCUT2D eigenvalue weighted by Gasteiger charge is 2.15. The van der Waals surface area contributed by atoms with E-state index in [9.17, 15) is 14.4 Å². The van der Waals surface area contributed by atoms with Crippen LogP contribution >= 0.6 is 0 Å². The van der Waals surface area contributed by atoms with Crippen LogP contribution in [0.1, 0.15) is 15.9 Å². The summed E-state index contributed by atoms with van der Waals surface area (Å²) >= 11 is 0. The molecule has 0 saturated carbocycles. The van der Waals surface area contributed by atoms with Crippen molar-refractivity contribution in [3.63, 3.8) is 0 Å². The molecule has 8 heteroatoms. The first-order chi connectivity index (χ1) is 13.9. The highest BCUT2D eigenvalue weighted by molar-refractivity contribution is 5.95. The molecule has 1 heterocycles. The number of aromatic nitrogens is 1. The van der Waals surface area contributed by atoms with E-state index in [4.69, 9.17) is 9.47 Å². The van der Waals surface area contributed by atoms with Crippen LogP contribution in [0.15, 0.2) is 47.4 Å². The fraction of sp³-hybridized carbons (Fsp3) is 0.381. The summed E-state index contributed by atoms with van der Waals surface area (Å²) in [5, 5.41) is 2.74. The second-order valence-corrected chi connectivity index (χ2v) is 6.58. The van der Waals surface area contributed by atoms with Crippen molar-refractivity contribution >= 4 is 17.5 Å². The molecule has 0 saturated heterocycles. The molecule has 29 heavy (non-hydrogen) atoms. The summed E-state index contributed by atoms with van der Waals surface area (Å²) in [6.45, 7) is 3.56.